The van der Waals surface area contributed by atoms with Crippen molar-refractivity contribution >= 4 is 28.7 Å². The third kappa shape index (κ3) is 2.09. The standard InChI is InChI=1S/C12H9N3OS/c1-2-5-9(6-3-1)15-17-11-8-4-7-10-12(11)14-16-13-10/h1-8,15H. The van der Waals surface area contributed by atoms with Crippen LogP contribution in [0.5, 0.6) is 0 Å². The summed E-state index contributed by atoms with van der Waals surface area (Å²) < 4.78 is 7.97. The molecule has 0 aliphatic rings. The van der Waals surface area contributed by atoms with Gasteiger partial charge >= 0.3 is 0 Å². The maximum Gasteiger partial charge on any atom is 0.150 e. The lowest BCUT2D eigenvalue weighted by Gasteiger charge is -2.04. The maximum absolute atomic E-state index is 4.72. The molecule has 1 aromatic heterocycles. The van der Waals surface area contributed by atoms with Crippen molar-refractivity contribution in [1.82, 2.24) is 10.3 Å². The lowest BCUT2D eigenvalue weighted by Crippen LogP contribution is -1.86. The molecule has 0 saturated carbocycles. The van der Waals surface area contributed by atoms with Gasteiger partial charge in [0.05, 0.1) is 4.90 Å². The maximum atomic E-state index is 4.72. The summed E-state index contributed by atoms with van der Waals surface area (Å²) in [6, 6.07) is 15.8. The van der Waals surface area contributed by atoms with E-state index in [1.54, 1.807) is 0 Å². The predicted molar refractivity (Wildman–Crippen MR) is 67.7 cm³/mol. The molecule has 5 heteroatoms. The van der Waals surface area contributed by atoms with Gasteiger partial charge in [-0.3, -0.25) is 0 Å². The largest absolute Gasteiger partial charge is 0.326 e. The average molecular weight is 243 g/mol. The molecule has 1 heterocycles. The second kappa shape index (κ2) is 4.47. The molecule has 2 aromatic carbocycles. The molecule has 3 aromatic rings. The first-order valence-corrected chi connectivity index (χ1v) is 5.94. The summed E-state index contributed by atoms with van der Waals surface area (Å²) in [7, 11) is 0. The summed E-state index contributed by atoms with van der Waals surface area (Å²) in [4.78, 5) is 0.993. The van der Waals surface area contributed by atoms with Crippen LogP contribution >= 0.6 is 11.9 Å². The van der Waals surface area contributed by atoms with E-state index in [1.807, 2.05) is 48.5 Å². The van der Waals surface area contributed by atoms with E-state index in [-0.39, 0.29) is 0 Å². The van der Waals surface area contributed by atoms with Gasteiger partial charge < -0.3 is 4.72 Å². The van der Waals surface area contributed by atoms with Crippen LogP contribution in [0.4, 0.5) is 5.69 Å². The van der Waals surface area contributed by atoms with Crippen molar-refractivity contribution in [3.05, 3.63) is 48.5 Å². The summed E-state index contributed by atoms with van der Waals surface area (Å²) in [6.45, 7) is 0. The van der Waals surface area contributed by atoms with Gasteiger partial charge in [0.1, 0.15) is 5.52 Å². The molecular formula is C12H9N3OS. The highest BCUT2D eigenvalue weighted by Crippen LogP contribution is 2.26. The lowest BCUT2D eigenvalue weighted by atomic mass is 10.3. The molecule has 4 nitrogen and oxygen atoms in total. The Morgan fingerprint density at radius 2 is 1.82 bits per heavy atom. The van der Waals surface area contributed by atoms with Crippen molar-refractivity contribution in [2.75, 3.05) is 4.72 Å². The van der Waals surface area contributed by atoms with Crippen LogP contribution in [0.25, 0.3) is 11.0 Å². The SMILES string of the molecule is c1ccc(NSc2cccc3nonc23)cc1. The number of nitrogens with one attached hydrogen (secondary N) is 1. The molecule has 3 rings (SSSR count). The van der Waals surface area contributed by atoms with E-state index < -0.39 is 0 Å². The molecule has 84 valence electrons. The third-order valence-electron chi connectivity index (χ3n) is 2.30. The first-order valence-electron chi connectivity index (χ1n) is 5.13. The quantitative estimate of drug-likeness (QED) is 0.715. The number of aromatic nitrogens is 2. The minimum atomic E-state index is 0.768. The number of fused-ring (bicyclic) bond motifs is 1. The monoisotopic (exact) mass is 243 g/mol. The fourth-order valence-electron chi connectivity index (χ4n) is 1.48. The number of benzene rings is 2. The molecule has 0 aliphatic heterocycles. The average Bonchev–Trinajstić information content (AvgIpc) is 2.86. The summed E-state index contributed by atoms with van der Waals surface area (Å²) in [5, 5.41) is 7.69. The van der Waals surface area contributed by atoms with E-state index in [0.717, 1.165) is 21.6 Å². The van der Waals surface area contributed by atoms with Crippen molar-refractivity contribution in [1.29, 1.82) is 0 Å². The minimum Gasteiger partial charge on any atom is -0.326 e. The highest BCUT2D eigenvalue weighted by molar-refractivity contribution is 8.00. The Morgan fingerprint density at radius 3 is 2.71 bits per heavy atom. The van der Waals surface area contributed by atoms with Crippen molar-refractivity contribution in [2.45, 2.75) is 4.90 Å². The van der Waals surface area contributed by atoms with E-state index in [4.69, 9.17) is 4.63 Å². The van der Waals surface area contributed by atoms with Crippen LogP contribution in [0.2, 0.25) is 0 Å². The second-order valence-electron chi connectivity index (χ2n) is 3.46. The molecule has 0 unspecified atom stereocenters. The third-order valence-corrected chi connectivity index (χ3v) is 3.19. The van der Waals surface area contributed by atoms with Gasteiger partial charge in [-0.1, -0.05) is 24.3 Å². The smallest absolute Gasteiger partial charge is 0.150 e. The highest BCUT2D eigenvalue weighted by Gasteiger charge is 2.06. The summed E-state index contributed by atoms with van der Waals surface area (Å²) in [5.74, 6) is 0. The Kier molecular flexibility index (Phi) is 2.67. The number of rotatable bonds is 3. The van der Waals surface area contributed by atoms with Gasteiger partial charge in [-0.15, -0.1) is 0 Å². The zero-order chi connectivity index (χ0) is 11.5. The highest BCUT2D eigenvalue weighted by atomic mass is 32.2. The van der Waals surface area contributed by atoms with Crippen LogP contribution < -0.4 is 4.72 Å². The Labute approximate surface area is 102 Å². The molecule has 17 heavy (non-hydrogen) atoms. The molecule has 0 bridgehead atoms. The van der Waals surface area contributed by atoms with Crippen molar-refractivity contribution in [2.24, 2.45) is 0 Å². The van der Waals surface area contributed by atoms with Gasteiger partial charge in [0, 0.05) is 5.69 Å². The van der Waals surface area contributed by atoms with E-state index in [0.29, 0.717) is 0 Å². The van der Waals surface area contributed by atoms with E-state index in [1.165, 1.54) is 11.9 Å². The Morgan fingerprint density at radius 1 is 0.941 bits per heavy atom. The van der Waals surface area contributed by atoms with Gasteiger partial charge in [-0.2, -0.15) is 0 Å². The Bertz CT molecular complexity index is 624. The Hall–Kier alpha value is -2.01. The van der Waals surface area contributed by atoms with Crippen molar-refractivity contribution in [3.63, 3.8) is 0 Å². The zero-order valence-corrected chi connectivity index (χ0v) is 9.65. The van der Waals surface area contributed by atoms with Crippen molar-refractivity contribution in [3.8, 4) is 0 Å². The van der Waals surface area contributed by atoms with Gasteiger partial charge in [-0.05, 0) is 46.5 Å². The van der Waals surface area contributed by atoms with Gasteiger partial charge in [0.25, 0.3) is 0 Å². The molecule has 1 N–H and O–H groups in total. The molecule has 0 aliphatic carbocycles. The first-order chi connectivity index (χ1) is 8.43. The fourth-order valence-corrected chi connectivity index (χ4v) is 2.23. The van der Waals surface area contributed by atoms with Crippen LogP contribution in [-0.2, 0) is 0 Å². The molecule has 0 spiro atoms. The van der Waals surface area contributed by atoms with Gasteiger partial charge in [0.2, 0.25) is 0 Å². The van der Waals surface area contributed by atoms with Crippen LogP contribution in [-0.4, -0.2) is 10.3 Å². The number of hydrogen-bond acceptors (Lipinski definition) is 5. The zero-order valence-electron chi connectivity index (χ0n) is 8.83. The summed E-state index contributed by atoms with van der Waals surface area (Å²) in [6.07, 6.45) is 0. The first kappa shape index (κ1) is 10.2. The van der Waals surface area contributed by atoms with Gasteiger partial charge in [0.15, 0.2) is 5.52 Å². The minimum absolute atomic E-state index is 0.768. The number of nitrogens with zero attached hydrogens (tertiary/aromatic N) is 2. The van der Waals surface area contributed by atoms with Crippen LogP contribution in [0.3, 0.4) is 0 Å². The molecule has 0 fully saturated rings. The topological polar surface area (TPSA) is 51.0 Å². The second-order valence-corrected chi connectivity index (χ2v) is 4.31. The van der Waals surface area contributed by atoms with E-state index >= 15 is 0 Å². The van der Waals surface area contributed by atoms with E-state index in [9.17, 15) is 0 Å². The molecule has 0 saturated heterocycles. The Balaban J connectivity index is 1.84. The van der Waals surface area contributed by atoms with Crippen LogP contribution in [0.1, 0.15) is 0 Å². The number of para-hydroxylation sites is 1. The predicted octanol–water partition coefficient (Wildman–Crippen LogP) is 3.34. The normalized spacial score (nSPS) is 10.6. The summed E-state index contributed by atoms with van der Waals surface area (Å²) >= 11 is 1.50. The summed E-state index contributed by atoms with van der Waals surface area (Å²) in [5.41, 5.74) is 2.59. The van der Waals surface area contributed by atoms with Crippen LogP contribution in [0.15, 0.2) is 58.1 Å². The fraction of sp³-hybridized carbons (Fsp3) is 0. The molecule has 0 radical (unpaired) electrons. The molecule has 0 atom stereocenters. The molecule has 0 amide bonds. The van der Waals surface area contributed by atoms with Gasteiger partial charge in [-0.25, -0.2) is 4.63 Å². The number of anilines is 1. The number of hydrogen-bond donors (Lipinski definition) is 1. The van der Waals surface area contributed by atoms with E-state index in [2.05, 4.69) is 15.0 Å². The van der Waals surface area contributed by atoms with Crippen LogP contribution in [0, 0.1) is 0 Å². The van der Waals surface area contributed by atoms with Crippen molar-refractivity contribution < 1.29 is 4.63 Å². The lowest BCUT2D eigenvalue weighted by molar-refractivity contribution is 0.315. The molecular weight excluding hydrogens is 234 g/mol.